The van der Waals surface area contributed by atoms with Crippen molar-refractivity contribution in [3.63, 3.8) is 0 Å². The maximum Gasteiger partial charge on any atom is 0.233 e. The van der Waals surface area contributed by atoms with Crippen LogP contribution in [-0.2, 0) is 9.59 Å². The van der Waals surface area contributed by atoms with Crippen LogP contribution in [0.3, 0.4) is 0 Å². The van der Waals surface area contributed by atoms with Crippen LogP contribution in [0.2, 0.25) is 0 Å². The topological polar surface area (TPSA) is 40.6 Å². The molecule has 4 nitrogen and oxygen atoms in total. The van der Waals surface area contributed by atoms with E-state index in [1.807, 2.05) is 20.8 Å². The van der Waals surface area contributed by atoms with Gasteiger partial charge in [-0.15, -0.1) is 0 Å². The van der Waals surface area contributed by atoms with E-state index in [0.29, 0.717) is 18.4 Å². The van der Waals surface area contributed by atoms with Crippen LogP contribution >= 0.6 is 0 Å². The number of allylic oxidation sites excluding steroid dienone is 1. The van der Waals surface area contributed by atoms with E-state index in [1.165, 1.54) is 17.0 Å². The van der Waals surface area contributed by atoms with Gasteiger partial charge in [-0.1, -0.05) is 54.5 Å². The van der Waals surface area contributed by atoms with Crippen LogP contribution < -0.4 is 0 Å². The maximum atomic E-state index is 12.5. The molecule has 0 saturated carbocycles. The van der Waals surface area contributed by atoms with Gasteiger partial charge in [-0.3, -0.25) is 14.5 Å². The largest absolute Gasteiger partial charge is 0.375 e. The lowest BCUT2D eigenvalue weighted by Crippen LogP contribution is -2.34. The molecule has 0 aliphatic carbocycles. The van der Waals surface area contributed by atoms with Crippen molar-refractivity contribution in [3.8, 4) is 0 Å². The van der Waals surface area contributed by atoms with Crippen LogP contribution in [0.25, 0.3) is 0 Å². The summed E-state index contributed by atoms with van der Waals surface area (Å²) >= 11 is 0. The maximum absolute atomic E-state index is 12.5. The predicted octanol–water partition coefficient (Wildman–Crippen LogP) is 4.85. The van der Waals surface area contributed by atoms with Gasteiger partial charge in [0.2, 0.25) is 11.8 Å². The summed E-state index contributed by atoms with van der Waals surface area (Å²) in [5.74, 6) is 0.629. The standard InChI is InChI=1S/C23H40N2O2/c1-17(24-14-12-18(16-24)22(2,3)4)11-9-8-10-13-25-20(26)15-19(21(25)27)23(5,6)7/h18-19H,1,8-16H2,2-7H3. The summed E-state index contributed by atoms with van der Waals surface area (Å²) in [5, 5.41) is 0. The molecule has 2 saturated heterocycles. The molecule has 2 unspecified atom stereocenters. The molecule has 2 aliphatic rings. The predicted molar refractivity (Wildman–Crippen MR) is 111 cm³/mol. The summed E-state index contributed by atoms with van der Waals surface area (Å²) < 4.78 is 0. The van der Waals surface area contributed by atoms with Gasteiger partial charge in [0.1, 0.15) is 0 Å². The van der Waals surface area contributed by atoms with Gasteiger partial charge in [0.05, 0.1) is 5.92 Å². The fourth-order valence-corrected chi connectivity index (χ4v) is 4.28. The molecule has 4 heteroatoms. The Hall–Kier alpha value is -1.32. The Balaban J connectivity index is 1.67. The first-order chi connectivity index (χ1) is 12.4. The lowest BCUT2D eigenvalue weighted by atomic mass is 9.80. The van der Waals surface area contributed by atoms with E-state index in [-0.39, 0.29) is 23.1 Å². The number of hydrogen-bond acceptors (Lipinski definition) is 3. The number of rotatable bonds is 7. The number of amides is 2. The molecule has 0 radical (unpaired) electrons. The zero-order chi connectivity index (χ0) is 20.4. The molecule has 27 heavy (non-hydrogen) atoms. The monoisotopic (exact) mass is 376 g/mol. The second-order valence-electron chi connectivity index (χ2n) is 10.7. The highest BCUT2D eigenvalue weighted by molar-refractivity contribution is 6.03. The minimum atomic E-state index is -0.157. The molecule has 2 rings (SSSR count). The SMILES string of the molecule is C=C(CCCCCN1C(=O)CC(C(C)(C)C)C1=O)N1CCC(C(C)(C)C)C1. The Morgan fingerprint density at radius 2 is 1.70 bits per heavy atom. The average Bonchev–Trinajstić information content (AvgIpc) is 3.13. The van der Waals surface area contributed by atoms with Gasteiger partial charge in [0.15, 0.2) is 0 Å². The Morgan fingerprint density at radius 3 is 2.22 bits per heavy atom. The first-order valence-corrected chi connectivity index (χ1v) is 10.7. The molecule has 2 aliphatic heterocycles. The van der Waals surface area contributed by atoms with Crippen molar-refractivity contribution < 1.29 is 9.59 Å². The van der Waals surface area contributed by atoms with Crippen molar-refractivity contribution in [3.05, 3.63) is 12.3 Å². The number of hydrogen-bond donors (Lipinski definition) is 0. The summed E-state index contributed by atoms with van der Waals surface area (Å²) in [4.78, 5) is 28.6. The van der Waals surface area contributed by atoms with Crippen molar-refractivity contribution in [2.75, 3.05) is 19.6 Å². The summed E-state index contributed by atoms with van der Waals surface area (Å²) in [7, 11) is 0. The Kier molecular flexibility index (Phi) is 6.81. The van der Waals surface area contributed by atoms with Crippen LogP contribution in [0.4, 0.5) is 0 Å². The van der Waals surface area contributed by atoms with Gasteiger partial charge in [0, 0.05) is 31.8 Å². The van der Waals surface area contributed by atoms with Gasteiger partial charge < -0.3 is 4.90 Å². The van der Waals surface area contributed by atoms with Gasteiger partial charge in [-0.05, 0) is 42.4 Å². The third kappa shape index (κ3) is 5.58. The van der Waals surface area contributed by atoms with Gasteiger partial charge in [-0.2, -0.15) is 0 Å². The van der Waals surface area contributed by atoms with E-state index in [1.54, 1.807) is 0 Å². The molecule has 2 fully saturated rings. The number of unbranched alkanes of at least 4 members (excludes halogenated alkanes) is 2. The van der Waals surface area contributed by atoms with Gasteiger partial charge in [0.25, 0.3) is 0 Å². The lowest BCUT2D eigenvalue weighted by Gasteiger charge is -2.28. The zero-order valence-corrected chi connectivity index (χ0v) is 18.4. The first kappa shape index (κ1) is 22.0. The van der Waals surface area contributed by atoms with E-state index in [0.717, 1.165) is 44.7 Å². The van der Waals surface area contributed by atoms with Crippen LogP contribution in [0.5, 0.6) is 0 Å². The Bertz CT molecular complexity index is 568. The van der Waals surface area contributed by atoms with E-state index in [2.05, 4.69) is 32.3 Å². The summed E-state index contributed by atoms with van der Waals surface area (Å²) in [6.45, 7) is 20.2. The number of carbonyl (C=O) groups is 2. The normalized spacial score (nSPS) is 24.2. The van der Waals surface area contributed by atoms with Crippen molar-refractivity contribution in [1.82, 2.24) is 9.80 Å². The van der Waals surface area contributed by atoms with Crippen molar-refractivity contribution >= 4 is 11.8 Å². The van der Waals surface area contributed by atoms with E-state index < -0.39 is 0 Å². The molecule has 2 atom stereocenters. The van der Waals surface area contributed by atoms with Gasteiger partial charge >= 0.3 is 0 Å². The summed E-state index contributed by atoms with van der Waals surface area (Å²) in [6.07, 6.45) is 5.66. The minimum absolute atomic E-state index is 0.00891. The first-order valence-electron chi connectivity index (χ1n) is 10.7. The molecule has 0 aromatic carbocycles. The molecule has 2 heterocycles. The summed E-state index contributed by atoms with van der Waals surface area (Å²) in [6, 6.07) is 0. The van der Waals surface area contributed by atoms with Crippen molar-refractivity contribution in [2.45, 2.75) is 80.1 Å². The van der Waals surface area contributed by atoms with E-state index in [9.17, 15) is 9.59 Å². The highest BCUT2D eigenvalue weighted by atomic mass is 16.2. The molecule has 0 bridgehead atoms. The van der Waals surface area contributed by atoms with E-state index in [4.69, 9.17) is 0 Å². The molecule has 2 amide bonds. The van der Waals surface area contributed by atoms with Crippen LogP contribution in [0.15, 0.2) is 12.3 Å². The van der Waals surface area contributed by atoms with Crippen molar-refractivity contribution in [1.29, 1.82) is 0 Å². The molecule has 0 aromatic rings. The number of imide groups is 1. The quantitative estimate of drug-likeness (QED) is 0.471. The van der Waals surface area contributed by atoms with Crippen LogP contribution in [0.1, 0.15) is 80.1 Å². The fourth-order valence-electron chi connectivity index (χ4n) is 4.28. The molecule has 0 N–H and O–H groups in total. The smallest absolute Gasteiger partial charge is 0.233 e. The third-order valence-corrected chi connectivity index (χ3v) is 6.50. The summed E-state index contributed by atoms with van der Waals surface area (Å²) in [5.41, 5.74) is 1.48. The Morgan fingerprint density at radius 1 is 1.04 bits per heavy atom. The van der Waals surface area contributed by atoms with Crippen LogP contribution in [-0.4, -0.2) is 41.2 Å². The fraction of sp³-hybridized carbons (Fsp3) is 0.826. The lowest BCUT2D eigenvalue weighted by molar-refractivity contribution is -0.140. The van der Waals surface area contributed by atoms with Gasteiger partial charge in [-0.25, -0.2) is 0 Å². The minimum Gasteiger partial charge on any atom is -0.375 e. The third-order valence-electron chi connectivity index (χ3n) is 6.50. The number of nitrogens with zero attached hydrogens (tertiary/aromatic N) is 2. The Labute approximate surface area is 166 Å². The average molecular weight is 377 g/mol. The van der Waals surface area contributed by atoms with E-state index >= 15 is 0 Å². The number of carbonyl (C=O) groups excluding carboxylic acids is 2. The molecule has 0 spiro atoms. The number of likely N-dealkylation sites (tertiary alicyclic amines) is 2. The highest BCUT2D eigenvalue weighted by Gasteiger charge is 2.44. The van der Waals surface area contributed by atoms with Crippen molar-refractivity contribution in [2.24, 2.45) is 22.7 Å². The second-order valence-corrected chi connectivity index (χ2v) is 10.7. The molecule has 0 aromatic heterocycles. The molecule has 154 valence electrons. The van der Waals surface area contributed by atoms with Crippen LogP contribution in [0, 0.1) is 22.7 Å². The second kappa shape index (κ2) is 8.36. The molecular weight excluding hydrogens is 336 g/mol. The molecular formula is C23H40N2O2. The zero-order valence-electron chi connectivity index (χ0n) is 18.4. The highest BCUT2D eigenvalue weighted by Crippen LogP contribution is 2.36.